The normalized spacial score (nSPS) is 14.5. The minimum Gasteiger partial charge on any atom is -0.383 e. The molecule has 0 aliphatic heterocycles. The Kier molecular flexibility index (Phi) is 5.47. The zero-order chi connectivity index (χ0) is 18.7. The number of thiophene rings is 1. The highest BCUT2D eigenvalue weighted by molar-refractivity contribution is 7.15. The lowest BCUT2D eigenvalue weighted by Gasteiger charge is -2.22. The van der Waals surface area contributed by atoms with Crippen molar-refractivity contribution in [2.75, 3.05) is 20.3 Å². The Hall–Kier alpha value is -2.14. The first-order valence-electron chi connectivity index (χ1n) is 7.92. The molecule has 0 spiro atoms. The van der Waals surface area contributed by atoms with Crippen molar-refractivity contribution in [3.05, 3.63) is 22.9 Å². The molecule has 0 radical (unpaired) electrons. The second-order valence-electron chi connectivity index (χ2n) is 5.77. The quantitative estimate of drug-likeness (QED) is 0.735. The van der Waals surface area contributed by atoms with Crippen LogP contribution in [0.2, 0.25) is 0 Å². The zero-order valence-electron chi connectivity index (χ0n) is 13.9. The molecule has 2 heterocycles. The van der Waals surface area contributed by atoms with Crippen molar-refractivity contribution in [1.82, 2.24) is 20.4 Å². The second kappa shape index (κ2) is 7.62. The third-order valence-electron chi connectivity index (χ3n) is 3.71. The van der Waals surface area contributed by atoms with Gasteiger partial charge in [0, 0.05) is 24.6 Å². The van der Waals surface area contributed by atoms with E-state index in [1.807, 2.05) is 0 Å². The van der Waals surface area contributed by atoms with E-state index in [4.69, 9.17) is 4.74 Å². The van der Waals surface area contributed by atoms with Crippen molar-refractivity contribution < 1.29 is 27.2 Å². The van der Waals surface area contributed by atoms with E-state index >= 15 is 0 Å². The fraction of sp³-hybridized carbons (Fsp3) is 0.533. The Morgan fingerprint density at radius 2 is 2.23 bits per heavy atom. The number of nitrogens with one attached hydrogen (secondary N) is 1. The molecule has 0 bridgehead atoms. The van der Waals surface area contributed by atoms with Crippen LogP contribution in [0.5, 0.6) is 0 Å². The van der Waals surface area contributed by atoms with Crippen LogP contribution in [0.25, 0.3) is 10.7 Å². The van der Waals surface area contributed by atoms with Crippen molar-refractivity contribution >= 4 is 17.4 Å². The lowest BCUT2D eigenvalue weighted by molar-refractivity contribution is -0.159. The number of ether oxygens (including phenoxy) is 1. The number of nitrogens with zero attached hydrogens (tertiary/aromatic N) is 3. The van der Waals surface area contributed by atoms with Crippen LogP contribution in [0.4, 0.5) is 18.0 Å². The van der Waals surface area contributed by atoms with E-state index in [0.29, 0.717) is 24.6 Å². The number of rotatable bonds is 7. The van der Waals surface area contributed by atoms with Crippen LogP contribution in [0.15, 0.2) is 16.7 Å². The molecule has 2 amide bonds. The summed E-state index contributed by atoms with van der Waals surface area (Å²) in [4.78, 5) is 18.7. The first-order chi connectivity index (χ1) is 12.4. The number of amides is 2. The number of carbonyl (C=O) groups is 1. The second-order valence-corrected chi connectivity index (χ2v) is 6.94. The molecule has 2 aromatic heterocycles. The molecule has 1 fully saturated rings. The van der Waals surface area contributed by atoms with Gasteiger partial charge in [0.1, 0.15) is 0 Å². The third-order valence-corrected chi connectivity index (χ3v) is 4.77. The summed E-state index contributed by atoms with van der Waals surface area (Å²) in [5.74, 6) is -1.49. The molecule has 0 saturated heterocycles. The van der Waals surface area contributed by atoms with E-state index < -0.39 is 12.1 Å². The summed E-state index contributed by atoms with van der Waals surface area (Å²) < 4.78 is 46.8. The summed E-state index contributed by atoms with van der Waals surface area (Å²) in [6.07, 6.45) is -2.79. The molecule has 2 aromatic rings. The first-order valence-corrected chi connectivity index (χ1v) is 8.73. The molecule has 11 heteroatoms. The molecule has 1 aliphatic carbocycles. The van der Waals surface area contributed by atoms with Crippen LogP contribution in [-0.2, 0) is 17.5 Å². The van der Waals surface area contributed by atoms with Gasteiger partial charge in [0.25, 0.3) is 0 Å². The SMILES string of the molecule is COCCNC(=O)N(Cc1ccc(-c2noc(C(F)(F)F)n2)s1)C1CC1. The number of aromatic nitrogens is 2. The molecule has 0 unspecified atom stereocenters. The maximum absolute atomic E-state index is 12.6. The van der Waals surface area contributed by atoms with E-state index in [1.165, 1.54) is 11.3 Å². The number of hydrogen-bond donors (Lipinski definition) is 1. The Morgan fingerprint density at radius 1 is 1.46 bits per heavy atom. The van der Waals surface area contributed by atoms with Crippen LogP contribution in [-0.4, -0.2) is 47.4 Å². The van der Waals surface area contributed by atoms with Crippen molar-refractivity contribution in [2.45, 2.75) is 31.6 Å². The Labute approximate surface area is 151 Å². The average molecular weight is 390 g/mol. The van der Waals surface area contributed by atoms with E-state index in [0.717, 1.165) is 17.7 Å². The van der Waals surface area contributed by atoms with Gasteiger partial charge in [0.05, 0.1) is 18.0 Å². The number of urea groups is 1. The summed E-state index contributed by atoms with van der Waals surface area (Å²) in [5, 5.41) is 6.16. The largest absolute Gasteiger partial charge is 0.471 e. The number of halogens is 3. The summed E-state index contributed by atoms with van der Waals surface area (Å²) in [7, 11) is 1.56. The summed E-state index contributed by atoms with van der Waals surface area (Å²) in [6.45, 7) is 1.21. The smallest absolute Gasteiger partial charge is 0.383 e. The molecule has 1 aliphatic rings. The standard InChI is InChI=1S/C15H17F3N4O3S/c1-24-7-6-19-14(23)22(9-2-3-9)8-10-4-5-11(26-10)12-20-13(25-21-12)15(16,17)18/h4-5,9H,2-3,6-8H2,1H3,(H,19,23). The maximum atomic E-state index is 12.6. The van der Waals surface area contributed by atoms with E-state index in [9.17, 15) is 18.0 Å². The van der Waals surface area contributed by atoms with Crippen molar-refractivity contribution in [1.29, 1.82) is 0 Å². The molecular formula is C15H17F3N4O3S. The van der Waals surface area contributed by atoms with Crippen LogP contribution in [0, 0.1) is 0 Å². The highest BCUT2D eigenvalue weighted by atomic mass is 32.1. The predicted octanol–water partition coefficient (Wildman–Crippen LogP) is 3.14. The van der Waals surface area contributed by atoms with E-state index in [2.05, 4.69) is 20.0 Å². The predicted molar refractivity (Wildman–Crippen MR) is 86.5 cm³/mol. The first kappa shape index (κ1) is 18.6. The minimum absolute atomic E-state index is 0.115. The molecule has 7 nitrogen and oxygen atoms in total. The molecule has 0 aromatic carbocycles. The average Bonchev–Trinajstić information content (AvgIpc) is 3.10. The Bertz CT molecular complexity index is 757. The zero-order valence-corrected chi connectivity index (χ0v) is 14.7. The maximum Gasteiger partial charge on any atom is 0.471 e. The van der Waals surface area contributed by atoms with Gasteiger partial charge in [-0.25, -0.2) is 4.79 Å². The van der Waals surface area contributed by atoms with Crippen molar-refractivity contribution in [3.63, 3.8) is 0 Å². The summed E-state index contributed by atoms with van der Waals surface area (Å²) in [5.41, 5.74) is 0. The fourth-order valence-electron chi connectivity index (χ4n) is 2.30. The summed E-state index contributed by atoms with van der Waals surface area (Å²) >= 11 is 1.23. The van der Waals surface area contributed by atoms with Crippen LogP contribution in [0.1, 0.15) is 23.6 Å². The van der Waals surface area contributed by atoms with Gasteiger partial charge in [0.15, 0.2) is 0 Å². The number of hydrogen-bond acceptors (Lipinski definition) is 6. The number of methoxy groups -OCH3 is 1. The van der Waals surface area contributed by atoms with E-state index in [-0.39, 0.29) is 17.9 Å². The number of alkyl halides is 3. The molecular weight excluding hydrogens is 373 g/mol. The topological polar surface area (TPSA) is 80.5 Å². The molecule has 142 valence electrons. The van der Waals surface area contributed by atoms with Gasteiger partial charge in [0.2, 0.25) is 5.82 Å². The Balaban J connectivity index is 1.66. The van der Waals surface area contributed by atoms with Crippen LogP contribution in [0.3, 0.4) is 0 Å². The Morgan fingerprint density at radius 3 is 2.85 bits per heavy atom. The molecule has 3 rings (SSSR count). The molecule has 0 atom stereocenters. The minimum atomic E-state index is -4.67. The van der Waals surface area contributed by atoms with Gasteiger partial charge in [-0.05, 0) is 25.0 Å². The van der Waals surface area contributed by atoms with Crippen LogP contribution >= 0.6 is 11.3 Å². The highest BCUT2D eigenvalue weighted by Gasteiger charge is 2.38. The molecule has 1 saturated carbocycles. The van der Waals surface area contributed by atoms with Gasteiger partial charge in [-0.3, -0.25) is 0 Å². The molecule has 26 heavy (non-hydrogen) atoms. The number of carbonyl (C=O) groups excluding carboxylic acids is 1. The summed E-state index contributed by atoms with van der Waals surface area (Å²) in [6, 6.07) is 3.38. The lowest BCUT2D eigenvalue weighted by atomic mass is 10.4. The highest BCUT2D eigenvalue weighted by Crippen LogP contribution is 2.34. The third kappa shape index (κ3) is 4.52. The van der Waals surface area contributed by atoms with Gasteiger partial charge < -0.3 is 19.5 Å². The van der Waals surface area contributed by atoms with Crippen molar-refractivity contribution in [2.24, 2.45) is 0 Å². The van der Waals surface area contributed by atoms with Gasteiger partial charge >= 0.3 is 18.1 Å². The molecule has 1 N–H and O–H groups in total. The van der Waals surface area contributed by atoms with Crippen molar-refractivity contribution in [3.8, 4) is 10.7 Å². The lowest BCUT2D eigenvalue weighted by Crippen LogP contribution is -2.41. The van der Waals surface area contributed by atoms with Gasteiger partial charge in [-0.2, -0.15) is 18.2 Å². The fourth-order valence-corrected chi connectivity index (χ4v) is 3.24. The monoisotopic (exact) mass is 390 g/mol. The van der Waals surface area contributed by atoms with E-state index in [1.54, 1.807) is 24.1 Å². The van der Waals surface area contributed by atoms with Gasteiger partial charge in [-0.1, -0.05) is 5.16 Å². The van der Waals surface area contributed by atoms with Gasteiger partial charge in [-0.15, -0.1) is 11.3 Å². The van der Waals surface area contributed by atoms with Crippen LogP contribution < -0.4 is 5.32 Å².